The van der Waals surface area contributed by atoms with Gasteiger partial charge in [-0.05, 0) is 30.4 Å². The standard InChI is InChI=1S/C13H20O/c1-3-5-8-11-9-6-7-10-12(11)13(14)4-2/h6-7,9-10,13-14H,3-5,8H2,1-2H3. The quantitative estimate of drug-likeness (QED) is 0.757. The Balaban J connectivity index is 2.79. The van der Waals surface area contributed by atoms with Crippen molar-refractivity contribution in [1.29, 1.82) is 0 Å². The van der Waals surface area contributed by atoms with Crippen molar-refractivity contribution in [2.75, 3.05) is 0 Å². The molecule has 1 N–H and O–H groups in total. The molecular formula is C13H20O. The minimum absolute atomic E-state index is 0.289. The van der Waals surface area contributed by atoms with Gasteiger partial charge in [0.2, 0.25) is 0 Å². The van der Waals surface area contributed by atoms with Gasteiger partial charge in [0.1, 0.15) is 0 Å². The summed E-state index contributed by atoms with van der Waals surface area (Å²) in [6.45, 7) is 4.21. The van der Waals surface area contributed by atoms with Gasteiger partial charge in [-0.15, -0.1) is 0 Å². The van der Waals surface area contributed by atoms with E-state index in [1.165, 1.54) is 18.4 Å². The highest BCUT2D eigenvalue weighted by atomic mass is 16.3. The third kappa shape index (κ3) is 2.85. The fraction of sp³-hybridized carbons (Fsp3) is 0.538. The Morgan fingerprint density at radius 2 is 1.93 bits per heavy atom. The maximum atomic E-state index is 9.81. The van der Waals surface area contributed by atoms with Crippen LogP contribution in [0.15, 0.2) is 24.3 Å². The Hall–Kier alpha value is -0.820. The van der Waals surface area contributed by atoms with Crippen LogP contribution < -0.4 is 0 Å². The SMILES string of the molecule is CCCCc1ccccc1C(O)CC. The van der Waals surface area contributed by atoms with Crippen molar-refractivity contribution in [1.82, 2.24) is 0 Å². The third-order valence-electron chi connectivity index (χ3n) is 2.60. The summed E-state index contributed by atoms with van der Waals surface area (Å²) in [6.07, 6.45) is 4.00. The highest BCUT2D eigenvalue weighted by molar-refractivity contribution is 5.29. The van der Waals surface area contributed by atoms with E-state index in [0.29, 0.717) is 0 Å². The number of hydrogen-bond acceptors (Lipinski definition) is 1. The molecule has 0 spiro atoms. The van der Waals surface area contributed by atoms with Crippen LogP contribution in [0.5, 0.6) is 0 Å². The molecule has 0 saturated carbocycles. The van der Waals surface area contributed by atoms with Gasteiger partial charge in [-0.3, -0.25) is 0 Å². The van der Waals surface area contributed by atoms with Crippen LogP contribution in [0.1, 0.15) is 50.3 Å². The van der Waals surface area contributed by atoms with Crippen LogP contribution in [0.2, 0.25) is 0 Å². The summed E-state index contributed by atoms with van der Waals surface area (Å²) in [5, 5.41) is 9.81. The Morgan fingerprint density at radius 3 is 2.57 bits per heavy atom. The molecule has 1 heteroatoms. The van der Waals surface area contributed by atoms with Crippen molar-refractivity contribution < 1.29 is 5.11 Å². The highest BCUT2D eigenvalue weighted by Gasteiger charge is 2.08. The predicted molar refractivity (Wildman–Crippen MR) is 60.3 cm³/mol. The largest absolute Gasteiger partial charge is 0.388 e. The number of rotatable bonds is 5. The van der Waals surface area contributed by atoms with Gasteiger partial charge >= 0.3 is 0 Å². The molecule has 0 aliphatic rings. The minimum atomic E-state index is -0.289. The molecule has 1 rings (SSSR count). The molecule has 78 valence electrons. The van der Waals surface area contributed by atoms with Gasteiger partial charge in [0.15, 0.2) is 0 Å². The molecule has 0 aromatic heterocycles. The number of hydrogen-bond donors (Lipinski definition) is 1. The highest BCUT2D eigenvalue weighted by Crippen LogP contribution is 2.21. The molecule has 0 amide bonds. The summed E-state index contributed by atoms with van der Waals surface area (Å²) >= 11 is 0. The lowest BCUT2D eigenvalue weighted by atomic mass is 9.97. The monoisotopic (exact) mass is 192 g/mol. The predicted octanol–water partition coefficient (Wildman–Crippen LogP) is 3.47. The van der Waals surface area contributed by atoms with E-state index in [4.69, 9.17) is 0 Å². The summed E-state index contributed by atoms with van der Waals surface area (Å²) in [5.41, 5.74) is 2.42. The van der Waals surface area contributed by atoms with Crippen molar-refractivity contribution >= 4 is 0 Å². The van der Waals surface area contributed by atoms with Gasteiger partial charge < -0.3 is 5.11 Å². The van der Waals surface area contributed by atoms with Crippen LogP contribution in [0.25, 0.3) is 0 Å². The number of aliphatic hydroxyl groups excluding tert-OH is 1. The Bertz CT molecular complexity index is 268. The van der Waals surface area contributed by atoms with E-state index in [1.54, 1.807) is 0 Å². The second-order valence-electron chi connectivity index (χ2n) is 3.73. The lowest BCUT2D eigenvalue weighted by molar-refractivity contribution is 0.172. The molecule has 0 saturated heterocycles. The van der Waals surface area contributed by atoms with Crippen molar-refractivity contribution in [3.63, 3.8) is 0 Å². The molecule has 0 heterocycles. The van der Waals surface area contributed by atoms with E-state index in [1.807, 2.05) is 19.1 Å². The zero-order chi connectivity index (χ0) is 10.4. The van der Waals surface area contributed by atoms with E-state index in [-0.39, 0.29) is 6.10 Å². The summed E-state index contributed by atoms with van der Waals surface area (Å²) in [4.78, 5) is 0. The van der Waals surface area contributed by atoms with E-state index in [2.05, 4.69) is 19.1 Å². The first-order chi connectivity index (χ1) is 6.79. The molecule has 0 aliphatic carbocycles. The molecule has 0 bridgehead atoms. The van der Waals surface area contributed by atoms with Crippen molar-refractivity contribution in [2.45, 2.75) is 45.6 Å². The van der Waals surface area contributed by atoms with E-state index in [9.17, 15) is 5.11 Å². The Labute approximate surface area is 86.8 Å². The first-order valence-corrected chi connectivity index (χ1v) is 5.55. The topological polar surface area (TPSA) is 20.2 Å². The van der Waals surface area contributed by atoms with Crippen molar-refractivity contribution in [3.8, 4) is 0 Å². The average molecular weight is 192 g/mol. The van der Waals surface area contributed by atoms with Gasteiger partial charge in [0.25, 0.3) is 0 Å². The lowest BCUT2D eigenvalue weighted by Gasteiger charge is -2.13. The molecule has 0 radical (unpaired) electrons. The van der Waals surface area contributed by atoms with E-state index >= 15 is 0 Å². The summed E-state index contributed by atoms with van der Waals surface area (Å²) in [5.74, 6) is 0. The number of aryl methyl sites for hydroxylation is 1. The molecular weight excluding hydrogens is 172 g/mol. The second-order valence-corrected chi connectivity index (χ2v) is 3.73. The average Bonchev–Trinajstić information content (AvgIpc) is 2.25. The number of unbranched alkanes of at least 4 members (excludes halogenated alkanes) is 1. The molecule has 1 unspecified atom stereocenters. The van der Waals surface area contributed by atoms with Crippen LogP contribution >= 0.6 is 0 Å². The van der Waals surface area contributed by atoms with Crippen molar-refractivity contribution in [3.05, 3.63) is 35.4 Å². The zero-order valence-corrected chi connectivity index (χ0v) is 9.16. The Kier molecular flexibility index (Phi) is 4.68. The van der Waals surface area contributed by atoms with Crippen LogP contribution in [-0.2, 0) is 6.42 Å². The van der Waals surface area contributed by atoms with Gasteiger partial charge in [0.05, 0.1) is 6.10 Å². The van der Waals surface area contributed by atoms with E-state index < -0.39 is 0 Å². The summed E-state index contributed by atoms with van der Waals surface area (Å²) < 4.78 is 0. The van der Waals surface area contributed by atoms with Crippen LogP contribution in [0.3, 0.4) is 0 Å². The molecule has 0 fully saturated rings. The first-order valence-electron chi connectivity index (χ1n) is 5.55. The smallest absolute Gasteiger partial charge is 0.0790 e. The molecule has 1 nitrogen and oxygen atoms in total. The Morgan fingerprint density at radius 1 is 1.21 bits per heavy atom. The zero-order valence-electron chi connectivity index (χ0n) is 9.16. The fourth-order valence-corrected chi connectivity index (χ4v) is 1.67. The fourth-order valence-electron chi connectivity index (χ4n) is 1.67. The van der Waals surface area contributed by atoms with Gasteiger partial charge in [-0.25, -0.2) is 0 Å². The molecule has 14 heavy (non-hydrogen) atoms. The van der Waals surface area contributed by atoms with Crippen LogP contribution in [0, 0.1) is 0 Å². The van der Waals surface area contributed by atoms with Crippen molar-refractivity contribution in [2.24, 2.45) is 0 Å². The second kappa shape index (κ2) is 5.82. The minimum Gasteiger partial charge on any atom is -0.388 e. The molecule has 1 aromatic rings. The third-order valence-corrected chi connectivity index (χ3v) is 2.60. The van der Waals surface area contributed by atoms with Gasteiger partial charge in [0, 0.05) is 0 Å². The van der Waals surface area contributed by atoms with Crippen LogP contribution in [-0.4, -0.2) is 5.11 Å². The van der Waals surface area contributed by atoms with Gasteiger partial charge in [-0.1, -0.05) is 44.5 Å². The van der Waals surface area contributed by atoms with E-state index in [0.717, 1.165) is 18.4 Å². The molecule has 1 atom stereocenters. The number of aliphatic hydroxyl groups is 1. The van der Waals surface area contributed by atoms with Gasteiger partial charge in [-0.2, -0.15) is 0 Å². The summed E-state index contributed by atoms with van der Waals surface area (Å²) in [6, 6.07) is 8.23. The first kappa shape index (κ1) is 11.3. The maximum absolute atomic E-state index is 9.81. The summed E-state index contributed by atoms with van der Waals surface area (Å²) in [7, 11) is 0. The van der Waals surface area contributed by atoms with Crippen LogP contribution in [0.4, 0.5) is 0 Å². The molecule has 1 aromatic carbocycles. The molecule has 0 aliphatic heterocycles. The normalized spacial score (nSPS) is 12.8. The number of benzene rings is 1. The maximum Gasteiger partial charge on any atom is 0.0790 e. The lowest BCUT2D eigenvalue weighted by Crippen LogP contribution is -2.00.